The first-order chi connectivity index (χ1) is 9.49. The molecule has 1 aromatic carbocycles. The third-order valence-electron chi connectivity index (χ3n) is 2.71. The highest BCUT2D eigenvalue weighted by Gasteiger charge is 2.30. The minimum absolute atomic E-state index is 0.0436. The van der Waals surface area contributed by atoms with Crippen LogP contribution >= 0.6 is 0 Å². The number of carbonyl (C=O) groups is 2. The fourth-order valence-electron chi connectivity index (χ4n) is 1.54. The minimum Gasteiger partial charge on any atom is -0.508 e. The number of hydrogen-bond donors (Lipinski definition) is 4. The number of amides is 2. The Kier molecular flexibility index (Phi) is 3.65. The summed E-state index contributed by atoms with van der Waals surface area (Å²) in [4.78, 5) is 22.8. The highest BCUT2D eigenvalue weighted by atomic mass is 16.3. The molecule has 0 saturated heterocycles. The van der Waals surface area contributed by atoms with Gasteiger partial charge in [0.2, 0.25) is 5.91 Å². The van der Waals surface area contributed by atoms with E-state index in [4.69, 9.17) is 5.11 Å². The average Bonchev–Trinajstić information content (AvgIpc) is 2.72. The summed E-state index contributed by atoms with van der Waals surface area (Å²) in [6.45, 7) is 1.55. The Bertz CT molecular complexity index is 624. The lowest BCUT2D eigenvalue weighted by Gasteiger charge is -2.02. The van der Waals surface area contributed by atoms with E-state index < -0.39 is 11.8 Å². The van der Waals surface area contributed by atoms with Gasteiger partial charge in [0, 0.05) is 11.6 Å². The van der Waals surface area contributed by atoms with E-state index in [9.17, 15) is 14.7 Å². The van der Waals surface area contributed by atoms with Gasteiger partial charge in [-0.1, -0.05) is 0 Å². The van der Waals surface area contributed by atoms with Gasteiger partial charge in [0.25, 0.3) is 5.91 Å². The lowest BCUT2D eigenvalue weighted by atomic mass is 10.1. The summed E-state index contributed by atoms with van der Waals surface area (Å²) >= 11 is 0. The zero-order valence-electron chi connectivity index (χ0n) is 10.5. The number of carbonyl (C=O) groups excluding carboxylic acids is 2. The van der Waals surface area contributed by atoms with E-state index in [1.54, 1.807) is 6.92 Å². The van der Waals surface area contributed by atoms with Crippen LogP contribution in [-0.2, 0) is 9.59 Å². The molecule has 1 aromatic rings. The largest absolute Gasteiger partial charge is 0.508 e. The van der Waals surface area contributed by atoms with Crippen molar-refractivity contribution < 1.29 is 19.8 Å². The van der Waals surface area contributed by atoms with Crippen LogP contribution in [0.2, 0.25) is 0 Å². The second kappa shape index (κ2) is 5.39. The van der Waals surface area contributed by atoms with E-state index in [0.29, 0.717) is 5.56 Å². The topological polar surface area (TPSA) is 123 Å². The molecule has 0 saturated carbocycles. The molecular weight excluding hydrogens is 264 g/mol. The zero-order valence-corrected chi connectivity index (χ0v) is 10.5. The average molecular weight is 276 g/mol. The van der Waals surface area contributed by atoms with Gasteiger partial charge in [-0.2, -0.15) is 10.2 Å². The highest BCUT2D eigenvalue weighted by molar-refractivity contribution is 6.44. The molecule has 0 aliphatic carbocycles. The molecule has 104 valence electrons. The van der Waals surface area contributed by atoms with Crippen LogP contribution in [0.25, 0.3) is 0 Å². The molecule has 2 rings (SSSR count). The molecule has 0 aromatic heterocycles. The van der Waals surface area contributed by atoms with E-state index >= 15 is 0 Å². The standard InChI is InChI=1S/C12H12N4O4/c1-6-10(14-16-11(6)19)12(20)15-13-5-7-2-3-8(17)4-9(7)18/h2-6,17-18H,1H3,(H,15,20)(H,16,19)/b13-5+. The number of hydrazone groups is 2. The Balaban J connectivity index is 2.00. The van der Waals surface area contributed by atoms with E-state index in [1.807, 2.05) is 0 Å². The van der Waals surface area contributed by atoms with E-state index in [0.717, 1.165) is 6.07 Å². The maximum Gasteiger partial charge on any atom is 0.288 e. The summed E-state index contributed by atoms with van der Waals surface area (Å²) in [5, 5.41) is 25.9. The minimum atomic E-state index is -0.632. The third-order valence-corrected chi connectivity index (χ3v) is 2.71. The van der Waals surface area contributed by atoms with Gasteiger partial charge < -0.3 is 10.2 Å². The van der Waals surface area contributed by atoms with Crippen molar-refractivity contribution in [2.75, 3.05) is 0 Å². The number of phenols is 2. The number of aromatic hydroxyl groups is 2. The number of nitrogens with zero attached hydrogens (tertiary/aromatic N) is 2. The quantitative estimate of drug-likeness (QED) is 0.445. The summed E-state index contributed by atoms with van der Waals surface area (Å²) < 4.78 is 0. The van der Waals surface area contributed by atoms with Crippen molar-refractivity contribution in [3.8, 4) is 11.5 Å². The van der Waals surface area contributed by atoms with Crippen LogP contribution in [0.15, 0.2) is 28.4 Å². The molecular formula is C12H12N4O4. The third kappa shape index (κ3) is 2.74. The van der Waals surface area contributed by atoms with Gasteiger partial charge in [0.15, 0.2) is 0 Å². The molecule has 1 aliphatic rings. The maximum atomic E-state index is 11.7. The Hall–Kier alpha value is -2.90. The fourth-order valence-corrected chi connectivity index (χ4v) is 1.54. The molecule has 1 atom stereocenters. The molecule has 0 spiro atoms. The number of phenolic OH excluding ortho intramolecular Hbond substituents is 2. The van der Waals surface area contributed by atoms with Crippen LogP contribution in [0.3, 0.4) is 0 Å². The Morgan fingerprint density at radius 3 is 2.85 bits per heavy atom. The first kappa shape index (κ1) is 13.5. The molecule has 8 heteroatoms. The summed E-state index contributed by atoms with van der Waals surface area (Å²) in [7, 11) is 0. The van der Waals surface area contributed by atoms with Crippen LogP contribution in [0.1, 0.15) is 12.5 Å². The van der Waals surface area contributed by atoms with Crippen molar-refractivity contribution in [2.24, 2.45) is 16.1 Å². The summed E-state index contributed by atoms with van der Waals surface area (Å²) in [5.74, 6) is -1.85. The van der Waals surface area contributed by atoms with Crippen molar-refractivity contribution in [1.29, 1.82) is 0 Å². The van der Waals surface area contributed by atoms with E-state index in [1.165, 1.54) is 18.3 Å². The molecule has 1 unspecified atom stereocenters. The molecule has 1 heterocycles. The van der Waals surface area contributed by atoms with Crippen molar-refractivity contribution in [1.82, 2.24) is 10.9 Å². The molecule has 2 amide bonds. The molecule has 0 radical (unpaired) electrons. The van der Waals surface area contributed by atoms with Crippen molar-refractivity contribution in [2.45, 2.75) is 6.92 Å². The predicted octanol–water partition coefficient (Wildman–Crippen LogP) is -0.330. The van der Waals surface area contributed by atoms with Gasteiger partial charge in [-0.05, 0) is 19.1 Å². The zero-order chi connectivity index (χ0) is 14.7. The molecule has 0 bridgehead atoms. The maximum absolute atomic E-state index is 11.7. The molecule has 20 heavy (non-hydrogen) atoms. The van der Waals surface area contributed by atoms with Crippen molar-refractivity contribution in [3.63, 3.8) is 0 Å². The van der Waals surface area contributed by atoms with Gasteiger partial charge in [-0.25, -0.2) is 10.9 Å². The first-order valence-corrected chi connectivity index (χ1v) is 5.72. The lowest BCUT2D eigenvalue weighted by Crippen LogP contribution is -2.32. The number of benzene rings is 1. The van der Waals surface area contributed by atoms with Gasteiger partial charge >= 0.3 is 0 Å². The van der Waals surface area contributed by atoms with Crippen LogP contribution in [0.4, 0.5) is 0 Å². The first-order valence-electron chi connectivity index (χ1n) is 5.72. The monoisotopic (exact) mass is 276 g/mol. The molecule has 8 nitrogen and oxygen atoms in total. The van der Waals surface area contributed by atoms with Crippen LogP contribution in [0, 0.1) is 5.92 Å². The number of nitrogens with one attached hydrogen (secondary N) is 2. The van der Waals surface area contributed by atoms with Gasteiger partial charge in [0.05, 0.1) is 12.1 Å². The number of rotatable bonds is 3. The van der Waals surface area contributed by atoms with Gasteiger partial charge in [-0.15, -0.1) is 0 Å². The van der Waals surface area contributed by atoms with Gasteiger partial charge in [0.1, 0.15) is 17.2 Å². The predicted molar refractivity (Wildman–Crippen MR) is 70.3 cm³/mol. The van der Waals surface area contributed by atoms with Gasteiger partial charge in [-0.3, -0.25) is 9.59 Å². The second-order valence-electron chi connectivity index (χ2n) is 4.14. The lowest BCUT2D eigenvalue weighted by molar-refractivity contribution is -0.122. The van der Waals surface area contributed by atoms with Crippen molar-refractivity contribution in [3.05, 3.63) is 23.8 Å². The van der Waals surface area contributed by atoms with Crippen molar-refractivity contribution >= 4 is 23.7 Å². The SMILES string of the molecule is CC1C(=O)NN=C1C(=O)N/N=C/c1ccc(O)cc1O. The Morgan fingerprint density at radius 2 is 2.25 bits per heavy atom. The Labute approximate surface area is 113 Å². The number of hydrogen-bond acceptors (Lipinski definition) is 6. The van der Waals surface area contributed by atoms with E-state index in [-0.39, 0.29) is 23.1 Å². The highest BCUT2D eigenvalue weighted by Crippen LogP contribution is 2.20. The van der Waals surface area contributed by atoms with Crippen LogP contribution < -0.4 is 10.9 Å². The smallest absolute Gasteiger partial charge is 0.288 e. The van der Waals surface area contributed by atoms with Crippen LogP contribution in [0.5, 0.6) is 11.5 Å². The fraction of sp³-hybridized carbons (Fsp3) is 0.167. The molecule has 1 aliphatic heterocycles. The second-order valence-corrected chi connectivity index (χ2v) is 4.14. The molecule has 4 N–H and O–H groups in total. The normalized spacial score (nSPS) is 17.9. The summed E-state index contributed by atoms with van der Waals surface area (Å²) in [5.41, 5.74) is 4.75. The summed E-state index contributed by atoms with van der Waals surface area (Å²) in [6, 6.07) is 3.95. The summed E-state index contributed by atoms with van der Waals surface area (Å²) in [6.07, 6.45) is 1.21. The molecule has 0 fully saturated rings. The van der Waals surface area contributed by atoms with E-state index in [2.05, 4.69) is 21.1 Å². The Morgan fingerprint density at radius 1 is 1.50 bits per heavy atom. The van der Waals surface area contributed by atoms with Crippen LogP contribution in [-0.4, -0.2) is 34.0 Å².